The molecule has 0 aliphatic rings. The molecule has 0 fully saturated rings. The molecule has 10 aromatic rings. The number of aromatic nitrogens is 2. The molecular weight excluding hydrogens is 605 g/mol. The highest BCUT2D eigenvalue weighted by Gasteiger charge is 2.07. The Morgan fingerprint density at radius 1 is 0.280 bits per heavy atom. The van der Waals surface area contributed by atoms with Crippen LogP contribution in [0.15, 0.2) is 182 Å². The molecule has 236 valence electrons. The van der Waals surface area contributed by atoms with Crippen molar-refractivity contribution in [2.45, 2.75) is 12.8 Å². The Hall–Kier alpha value is -6.38. The van der Waals surface area contributed by atoms with E-state index in [2.05, 4.69) is 176 Å². The number of hydrogen-bond donors (Lipinski definition) is 0. The first-order valence-corrected chi connectivity index (χ1v) is 17.2. The normalized spacial score (nSPS) is 11.4. The molecule has 2 heteroatoms. The second-order valence-corrected chi connectivity index (χ2v) is 13.1. The Labute approximate surface area is 291 Å². The molecule has 0 aliphatic carbocycles. The lowest BCUT2D eigenvalue weighted by Crippen LogP contribution is -1.92. The van der Waals surface area contributed by atoms with E-state index in [1.54, 1.807) is 0 Å². The van der Waals surface area contributed by atoms with Gasteiger partial charge in [-0.3, -0.25) is 0 Å². The highest BCUT2D eigenvalue weighted by atomic mass is 14.8. The van der Waals surface area contributed by atoms with E-state index in [0.717, 1.165) is 40.3 Å². The van der Waals surface area contributed by atoms with E-state index in [4.69, 9.17) is 9.97 Å². The molecule has 9 aromatic carbocycles. The fourth-order valence-corrected chi connectivity index (χ4v) is 7.04. The molecular formula is C48H34N2. The van der Waals surface area contributed by atoms with Crippen LogP contribution in [0.3, 0.4) is 0 Å². The fourth-order valence-electron chi connectivity index (χ4n) is 7.04. The standard InChI is InChI=1S/C28H22.C20H12N2/c1-3-7-27-19-23(13-15-25(27)5-1)17-21-9-11-22(12-10-21)18-24-14-16-26-6-2-4-8-28(26)20-24;1-2-7-15-12-19-18(11-14(15)6-1)21-17-10-9-13-5-3-4-8-16(13)20(17)22-19/h1-16,19-20H,17-18H2;1-12H. The van der Waals surface area contributed by atoms with Crippen molar-refractivity contribution in [3.63, 3.8) is 0 Å². The zero-order chi connectivity index (χ0) is 33.3. The van der Waals surface area contributed by atoms with E-state index in [0.29, 0.717) is 0 Å². The molecule has 1 heterocycles. The fraction of sp³-hybridized carbons (Fsp3) is 0.0417. The van der Waals surface area contributed by atoms with Gasteiger partial charge in [0.25, 0.3) is 0 Å². The van der Waals surface area contributed by atoms with E-state index in [9.17, 15) is 0 Å². The van der Waals surface area contributed by atoms with E-state index < -0.39 is 0 Å². The molecule has 0 saturated heterocycles. The summed E-state index contributed by atoms with van der Waals surface area (Å²) < 4.78 is 0. The quantitative estimate of drug-likeness (QED) is 0.142. The first kappa shape index (κ1) is 29.7. The van der Waals surface area contributed by atoms with Crippen molar-refractivity contribution in [3.05, 3.63) is 204 Å². The third-order valence-electron chi connectivity index (χ3n) is 9.66. The zero-order valence-corrected chi connectivity index (χ0v) is 27.6. The van der Waals surface area contributed by atoms with Crippen LogP contribution in [-0.4, -0.2) is 9.97 Å². The van der Waals surface area contributed by atoms with Gasteiger partial charge in [-0.2, -0.15) is 0 Å². The van der Waals surface area contributed by atoms with Gasteiger partial charge in [0.15, 0.2) is 0 Å². The van der Waals surface area contributed by atoms with Crippen LogP contribution >= 0.6 is 0 Å². The van der Waals surface area contributed by atoms with Crippen molar-refractivity contribution < 1.29 is 0 Å². The minimum absolute atomic E-state index is 0.946. The van der Waals surface area contributed by atoms with E-state index >= 15 is 0 Å². The van der Waals surface area contributed by atoms with Crippen LogP contribution in [0, 0.1) is 0 Å². The molecule has 0 radical (unpaired) electrons. The Morgan fingerprint density at radius 2 is 0.680 bits per heavy atom. The SMILES string of the molecule is c1ccc2cc(Cc3ccc(Cc4ccc5ccccc5c4)cc3)ccc2c1.c1ccc2cc3nc4c(ccc5ccccc54)nc3cc2c1. The van der Waals surface area contributed by atoms with Crippen molar-refractivity contribution in [1.29, 1.82) is 0 Å². The molecule has 0 unspecified atom stereocenters. The summed E-state index contributed by atoms with van der Waals surface area (Å²) in [7, 11) is 0. The first-order chi connectivity index (χ1) is 24.7. The third kappa shape index (κ3) is 6.04. The zero-order valence-electron chi connectivity index (χ0n) is 27.6. The largest absolute Gasteiger partial charge is 0.244 e. The van der Waals surface area contributed by atoms with Gasteiger partial charge in [-0.1, -0.05) is 164 Å². The van der Waals surface area contributed by atoms with Gasteiger partial charge in [-0.05, 0) is 91.0 Å². The molecule has 0 spiro atoms. The molecule has 2 nitrogen and oxygen atoms in total. The van der Waals surface area contributed by atoms with Crippen LogP contribution < -0.4 is 0 Å². The molecule has 50 heavy (non-hydrogen) atoms. The maximum atomic E-state index is 4.89. The van der Waals surface area contributed by atoms with Gasteiger partial charge in [0.2, 0.25) is 0 Å². The van der Waals surface area contributed by atoms with Gasteiger partial charge in [0, 0.05) is 5.39 Å². The smallest absolute Gasteiger partial charge is 0.0972 e. The summed E-state index contributed by atoms with van der Waals surface area (Å²) in [5, 5.41) is 9.98. The number of benzene rings is 9. The topological polar surface area (TPSA) is 25.8 Å². The Balaban J connectivity index is 0.000000138. The minimum Gasteiger partial charge on any atom is -0.244 e. The van der Waals surface area contributed by atoms with Crippen LogP contribution in [0.5, 0.6) is 0 Å². The second-order valence-electron chi connectivity index (χ2n) is 13.1. The molecule has 0 saturated carbocycles. The Kier molecular flexibility index (Phi) is 7.68. The molecule has 0 N–H and O–H groups in total. The lowest BCUT2D eigenvalue weighted by molar-refractivity contribution is 1.16. The van der Waals surface area contributed by atoms with Gasteiger partial charge in [0.1, 0.15) is 0 Å². The summed E-state index contributed by atoms with van der Waals surface area (Å²) in [5.74, 6) is 0. The molecule has 0 bridgehead atoms. The van der Waals surface area contributed by atoms with Gasteiger partial charge in [-0.15, -0.1) is 0 Å². The summed E-state index contributed by atoms with van der Waals surface area (Å²) in [4.78, 5) is 9.71. The maximum Gasteiger partial charge on any atom is 0.0972 e. The summed E-state index contributed by atoms with van der Waals surface area (Å²) in [6, 6.07) is 64.8. The molecule has 0 aliphatic heterocycles. The van der Waals surface area contributed by atoms with Crippen LogP contribution in [0.4, 0.5) is 0 Å². The Morgan fingerprint density at radius 3 is 1.22 bits per heavy atom. The van der Waals surface area contributed by atoms with Crippen LogP contribution in [0.2, 0.25) is 0 Å². The van der Waals surface area contributed by atoms with Crippen molar-refractivity contribution in [2.75, 3.05) is 0 Å². The number of rotatable bonds is 4. The van der Waals surface area contributed by atoms with E-state index in [1.165, 1.54) is 60.0 Å². The summed E-state index contributed by atoms with van der Waals surface area (Å²) in [6.45, 7) is 0. The van der Waals surface area contributed by atoms with Crippen molar-refractivity contribution in [2.24, 2.45) is 0 Å². The average Bonchev–Trinajstić information content (AvgIpc) is 3.17. The molecule has 0 amide bonds. The Bertz CT molecular complexity index is 2710. The average molecular weight is 639 g/mol. The second kappa shape index (κ2) is 12.9. The highest BCUT2D eigenvalue weighted by Crippen LogP contribution is 2.27. The monoisotopic (exact) mass is 638 g/mol. The maximum absolute atomic E-state index is 4.89. The summed E-state index contributed by atoms with van der Waals surface area (Å²) in [5.41, 5.74) is 9.25. The lowest BCUT2D eigenvalue weighted by Gasteiger charge is -2.07. The minimum atomic E-state index is 0.946. The molecule has 1 aromatic heterocycles. The number of hydrogen-bond acceptors (Lipinski definition) is 2. The highest BCUT2D eigenvalue weighted by molar-refractivity contribution is 6.07. The van der Waals surface area contributed by atoms with Crippen molar-refractivity contribution >= 4 is 65.2 Å². The van der Waals surface area contributed by atoms with Crippen LogP contribution in [0.1, 0.15) is 22.3 Å². The van der Waals surface area contributed by atoms with Gasteiger partial charge in [-0.25, -0.2) is 9.97 Å². The third-order valence-corrected chi connectivity index (χ3v) is 9.66. The lowest BCUT2D eigenvalue weighted by atomic mass is 9.98. The van der Waals surface area contributed by atoms with Crippen LogP contribution in [-0.2, 0) is 12.8 Å². The van der Waals surface area contributed by atoms with E-state index in [-0.39, 0.29) is 0 Å². The first-order valence-electron chi connectivity index (χ1n) is 17.2. The predicted molar refractivity (Wildman–Crippen MR) is 212 cm³/mol. The van der Waals surface area contributed by atoms with Crippen LogP contribution in [0.25, 0.3) is 65.2 Å². The molecule has 0 atom stereocenters. The summed E-state index contributed by atoms with van der Waals surface area (Å²) >= 11 is 0. The van der Waals surface area contributed by atoms with Crippen molar-refractivity contribution in [3.8, 4) is 0 Å². The van der Waals surface area contributed by atoms with Gasteiger partial charge >= 0.3 is 0 Å². The van der Waals surface area contributed by atoms with Crippen molar-refractivity contribution in [1.82, 2.24) is 9.97 Å². The van der Waals surface area contributed by atoms with E-state index in [1.807, 2.05) is 6.07 Å². The predicted octanol–water partition coefficient (Wildman–Crippen LogP) is 12.3. The number of nitrogens with zero attached hydrogens (tertiary/aromatic N) is 2. The van der Waals surface area contributed by atoms with Gasteiger partial charge in [0.05, 0.1) is 22.1 Å². The van der Waals surface area contributed by atoms with Gasteiger partial charge < -0.3 is 0 Å². The summed E-state index contributed by atoms with van der Waals surface area (Å²) in [6.07, 6.45) is 1.95. The molecule has 10 rings (SSSR count). The number of fused-ring (bicyclic) bond motifs is 7.